The van der Waals surface area contributed by atoms with Crippen molar-refractivity contribution in [3.8, 4) is 0 Å². The molecule has 7 rings (SSSR count). The van der Waals surface area contributed by atoms with Crippen molar-refractivity contribution in [3.63, 3.8) is 0 Å². The lowest BCUT2D eigenvalue weighted by Crippen LogP contribution is -2.59. The minimum atomic E-state index is -1.57. The van der Waals surface area contributed by atoms with Gasteiger partial charge in [0.2, 0.25) is 11.8 Å². The average molecular weight is 775 g/mol. The number of para-hydroxylation sites is 1. The summed E-state index contributed by atoms with van der Waals surface area (Å²) in [6, 6.07) is 23.3. The van der Waals surface area contributed by atoms with Crippen LogP contribution >= 0.6 is 27.5 Å². The van der Waals surface area contributed by atoms with Gasteiger partial charge in [0.05, 0.1) is 35.8 Å². The molecule has 2 fully saturated rings. The number of carbonyl (C=O) groups is 4. The summed E-state index contributed by atoms with van der Waals surface area (Å²) >= 11 is 10.3. The Morgan fingerprint density at radius 2 is 1.65 bits per heavy atom. The van der Waals surface area contributed by atoms with Crippen LogP contribution in [0.4, 0.5) is 5.69 Å². The lowest BCUT2D eigenvalue weighted by Gasteiger charge is -2.39. The van der Waals surface area contributed by atoms with Crippen molar-refractivity contribution in [2.75, 3.05) is 24.6 Å². The standard InChI is InChI=1S/C39H37BrClN3O7/c40-27-21-39-33-32(34(27)51-39)38(49)50-30(25-14-6-2-7-15-25)22-42-31(46)18-8-3-11-19-43(29-17-10-9-16-28(29)41)37(48)35(39)44(36(33)47)26(23-45)20-24-12-4-1-5-13-24/h1-7,9-17,21,26,30,32-35,45H,8,18-20,22-23H2,(H,42,46)/b11-3-/t26-,30-,32-,33+,34-,35-,39+/m1/s1. The van der Waals surface area contributed by atoms with Crippen molar-refractivity contribution in [2.24, 2.45) is 11.8 Å². The van der Waals surface area contributed by atoms with E-state index in [1.165, 1.54) is 9.80 Å². The van der Waals surface area contributed by atoms with Crippen LogP contribution in [0.25, 0.3) is 0 Å². The van der Waals surface area contributed by atoms with Crippen molar-refractivity contribution >= 4 is 56.9 Å². The molecule has 10 nitrogen and oxygen atoms in total. The second-order valence-corrected chi connectivity index (χ2v) is 14.5. The molecule has 12 heteroatoms. The number of nitrogens with zero attached hydrogens (tertiary/aromatic N) is 2. The Morgan fingerprint density at radius 3 is 2.37 bits per heavy atom. The second-order valence-electron chi connectivity index (χ2n) is 13.1. The summed E-state index contributed by atoms with van der Waals surface area (Å²) in [5.41, 5.74) is 0.371. The third-order valence-corrected chi connectivity index (χ3v) is 11.1. The van der Waals surface area contributed by atoms with E-state index in [-0.39, 0.29) is 31.8 Å². The first-order valence-corrected chi connectivity index (χ1v) is 18.2. The first-order valence-electron chi connectivity index (χ1n) is 17.0. The minimum absolute atomic E-state index is 0.0223. The Kier molecular flexibility index (Phi) is 10.2. The molecule has 4 aliphatic rings. The van der Waals surface area contributed by atoms with Crippen molar-refractivity contribution in [1.29, 1.82) is 0 Å². The molecule has 3 aromatic carbocycles. The maximum Gasteiger partial charge on any atom is 0.313 e. The van der Waals surface area contributed by atoms with Gasteiger partial charge in [0.15, 0.2) is 0 Å². The van der Waals surface area contributed by atoms with Crippen LogP contribution < -0.4 is 10.2 Å². The zero-order valence-electron chi connectivity index (χ0n) is 27.6. The fourth-order valence-electron chi connectivity index (χ4n) is 7.78. The number of hydrogen-bond donors (Lipinski definition) is 2. The van der Waals surface area contributed by atoms with E-state index in [0.29, 0.717) is 27.2 Å². The van der Waals surface area contributed by atoms with Crippen LogP contribution in [0.5, 0.6) is 0 Å². The van der Waals surface area contributed by atoms with Gasteiger partial charge < -0.3 is 29.7 Å². The number of aliphatic hydroxyl groups excluding tert-OH is 1. The quantitative estimate of drug-likeness (QED) is 0.270. The molecule has 5 bridgehead atoms. The summed E-state index contributed by atoms with van der Waals surface area (Å²) in [5.74, 6) is -4.18. The molecule has 0 unspecified atom stereocenters. The highest BCUT2D eigenvalue weighted by Crippen LogP contribution is 2.59. The van der Waals surface area contributed by atoms with Crippen LogP contribution in [0.1, 0.15) is 30.1 Å². The molecule has 7 atom stereocenters. The number of aliphatic hydroxyl groups is 1. The molecule has 0 saturated carbocycles. The van der Waals surface area contributed by atoms with Gasteiger partial charge in [0.1, 0.15) is 29.8 Å². The van der Waals surface area contributed by atoms with E-state index in [2.05, 4.69) is 21.2 Å². The fraction of sp³-hybridized carbons (Fsp3) is 0.333. The third kappa shape index (κ3) is 6.52. The Hall–Kier alpha value is -4.29. The summed E-state index contributed by atoms with van der Waals surface area (Å²) in [4.78, 5) is 60.4. The molecular formula is C39H37BrClN3O7. The predicted octanol–water partition coefficient (Wildman–Crippen LogP) is 4.90. The third-order valence-electron chi connectivity index (χ3n) is 10.1. The van der Waals surface area contributed by atoms with Crippen molar-refractivity contribution < 1.29 is 33.8 Å². The van der Waals surface area contributed by atoms with Gasteiger partial charge >= 0.3 is 5.97 Å². The SMILES string of the molecule is O=C1CC/C=C\CN(c2ccccc2Cl)C(=O)[C@H]2N([C@@H](CO)Cc3ccccc3)C(=O)[C@@H]3[C@@H](C(=O)O[C@@H](c4ccccc4)CN1)[C@@H]1O[C@@]32C=C1Br. The number of hydrogen-bond acceptors (Lipinski definition) is 7. The molecule has 2 N–H and O–H groups in total. The number of carbonyl (C=O) groups excluding carboxylic acids is 4. The summed E-state index contributed by atoms with van der Waals surface area (Å²) in [7, 11) is 0. The molecule has 3 amide bonds. The highest BCUT2D eigenvalue weighted by molar-refractivity contribution is 9.11. The lowest BCUT2D eigenvalue weighted by molar-refractivity contribution is -0.160. The lowest BCUT2D eigenvalue weighted by atomic mass is 9.74. The number of benzene rings is 3. The molecule has 2 saturated heterocycles. The number of amides is 3. The topological polar surface area (TPSA) is 125 Å². The van der Waals surface area contributed by atoms with E-state index in [9.17, 15) is 19.5 Å². The van der Waals surface area contributed by atoms with Gasteiger partial charge in [-0.25, -0.2) is 0 Å². The minimum Gasteiger partial charge on any atom is -0.455 e. The predicted molar refractivity (Wildman–Crippen MR) is 194 cm³/mol. The van der Waals surface area contributed by atoms with Gasteiger partial charge in [-0.3, -0.25) is 19.2 Å². The highest BCUT2D eigenvalue weighted by atomic mass is 79.9. The zero-order chi connectivity index (χ0) is 35.7. The summed E-state index contributed by atoms with van der Waals surface area (Å²) in [5, 5.41) is 14.1. The first-order chi connectivity index (χ1) is 24.7. The van der Waals surface area contributed by atoms with Gasteiger partial charge in [-0.2, -0.15) is 0 Å². The Morgan fingerprint density at radius 1 is 0.941 bits per heavy atom. The van der Waals surface area contributed by atoms with Crippen molar-refractivity contribution in [3.05, 3.63) is 124 Å². The van der Waals surface area contributed by atoms with Crippen LogP contribution in [0.2, 0.25) is 5.02 Å². The molecule has 1 spiro atoms. The fourth-order valence-corrected chi connectivity index (χ4v) is 8.76. The number of cyclic esters (lactones) is 1. The Bertz CT molecular complexity index is 1870. The van der Waals surface area contributed by atoms with Crippen LogP contribution in [-0.4, -0.2) is 77.2 Å². The molecule has 0 radical (unpaired) electrons. The maximum atomic E-state index is 15.2. The van der Waals surface area contributed by atoms with E-state index in [1.807, 2.05) is 54.6 Å². The molecule has 3 aromatic rings. The van der Waals surface area contributed by atoms with Gasteiger partial charge in [0, 0.05) is 17.4 Å². The van der Waals surface area contributed by atoms with Gasteiger partial charge in [0.25, 0.3) is 5.91 Å². The Labute approximate surface area is 309 Å². The van der Waals surface area contributed by atoms with Crippen LogP contribution in [0.15, 0.2) is 108 Å². The zero-order valence-corrected chi connectivity index (χ0v) is 29.9. The number of nitrogens with one attached hydrogen (secondary N) is 1. The number of halogens is 2. The summed E-state index contributed by atoms with van der Waals surface area (Å²) < 4.78 is 13.4. The Balaban J connectivity index is 1.36. The van der Waals surface area contributed by atoms with E-state index in [1.54, 1.807) is 48.6 Å². The monoisotopic (exact) mass is 773 g/mol. The van der Waals surface area contributed by atoms with Crippen molar-refractivity contribution in [2.45, 2.75) is 49.2 Å². The van der Waals surface area contributed by atoms with Gasteiger partial charge in [-0.1, -0.05) is 112 Å². The number of esters is 1. The highest BCUT2D eigenvalue weighted by Gasteiger charge is 2.75. The van der Waals surface area contributed by atoms with Crippen LogP contribution in [-0.2, 0) is 35.1 Å². The second kappa shape index (κ2) is 14.7. The first kappa shape index (κ1) is 35.1. The summed E-state index contributed by atoms with van der Waals surface area (Å²) in [6.07, 6.45) is 4.40. The smallest absolute Gasteiger partial charge is 0.313 e. The maximum absolute atomic E-state index is 15.2. The number of rotatable bonds is 6. The average Bonchev–Trinajstić information content (AvgIpc) is 3.74. The normalized spacial score (nSPS) is 29.3. The van der Waals surface area contributed by atoms with E-state index in [4.69, 9.17) is 21.1 Å². The molecule has 51 heavy (non-hydrogen) atoms. The molecule has 0 aromatic heterocycles. The summed E-state index contributed by atoms with van der Waals surface area (Å²) in [6.45, 7) is -0.352. The van der Waals surface area contributed by atoms with E-state index < -0.39 is 66.1 Å². The molecule has 4 aliphatic heterocycles. The van der Waals surface area contributed by atoms with Crippen molar-refractivity contribution in [1.82, 2.24) is 10.2 Å². The molecule has 0 aliphatic carbocycles. The van der Waals surface area contributed by atoms with E-state index in [0.717, 1.165) is 5.56 Å². The van der Waals surface area contributed by atoms with Gasteiger partial charge in [-0.15, -0.1) is 0 Å². The van der Waals surface area contributed by atoms with E-state index >= 15 is 4.79 Å². The number of anilines is 1. The largest absolute Gasteiger partial charge is 0.455 e. The molecule has 4 heterocycles. The number of allylic oxidation sites excluding steroid dienone is 1. The molecule has 264 valence electrons. The number of ether oxygens (including phenoxy) is 2. The van der Waals surface area contributed by atoms with Gasteiger partial charge in [-0.05, 0) is 42.2 Å². The van der Waals surface area contributed by atoms with Crippen LogP contribution in [0.3, 0.4) is 0 Å². The van der Waals surface area contributed by atoms with Crippen LogP contribution in [0, 0.1) is 11.8 Å². The number of likely N-dealkylation sites (tertiary alicyclic amines) is 1. The number of fused-ring (bicyclic) bond motifs is 2. The molecular weight excluding hydrogens is 738 g/mol.